The third-order valence-electron chi connectivity index (χ3n) is 4.26. The van der Waals surface area contributed by atoms with E-state index in [0.29, 0.717) is 53.9 Å². The molecule has 4 nitrogen and oxygen atoms in total. The zero-order chi connectivity index (χ0) is 17.8. The number of halogens is 2. The van der Waals surface area contributed by atoms with Gasteiger partial charge in [0.1, 0.15) is 0 Å². The van der Waals surface area contributed by atoms with Gasteiger partial charge in [0.2, 0.25) is 0 Å². The Hall–Kier alpha value is -1.88. The zero-order valence-corrected chi connectivity index (χ0v) is 15.1. The van der Waals surface area contributed by atoms with Crippen LogP contribution >= 0.6 is 23.2 Å². The predicted octanol–water partition coefficient (Wildman–Crippen LogP) is 3.63. The van der Waals surface area contributed by atoms with Crippen LogP contribution in [0.4, 0.5) is 0 Å². The van der Waals surface area contributed by atoms with Crippen molar-refractivity contribution in [1.29, 1.82) is 0 Å². The molecule has 0 saturated carbocycles. The van der Waals surface area contributed by atoms with E-state index < -0.39 is 0 Å². The lowest BCUT2D eigenvalue weighted by Gasteiger charge is -2.34. The Morgan fingerprint density at radius 2 is 1.52 bits per heavy atom. The molecule has 2 aromatic rings. The molecule has 1 amide bonds. The van der Waals surface area contributed by atoms with Gasteiger partial charge >= 0.3 is 0 Å². The van der Waals surface area contributed by atoms with Crippen molar-refractivity contribution in [1.82, 2.24) is 9.80 Å². The first-order chi connectivity index (χ1) is 12.0. The lowest BCUT2D eigenvalue weighted by atomic mass is 10.1. The Morgan fingerprint density at radius 3 is 2.16 bits per heavy atom. The molecule has 1 fully saturated rings. The summed E-state index contributed by atoms with van der Waals surface area (Å²) in [5.41, 5.74) is 1.25. The predicted molar refractivity (Wildman–Crippen MR) is 99.6 cm³/mol. The molecule has 0 N–H and O–H groups in total. The molecule has 0 radical (unpaired) electrons. The highest BCUT2D eigenvalue weighted by atomic mass is 35.5. The Bertz CT molecular complexity index is 769. The van der Waals surface area contributed by atoms with E-state index in [1.165, 1.54) is 0 Å². The molecule has 0 aromatic heterocycles. The van der Waals surface area contributed by atoms with Gasteiger partial charge in [-0.15, -0.1) is 0 Å². The van der Waals surface area contributed by atoms with Crippen LogP contribution in [0.2, 0.25) is 10.0 Å². The van der Waals surface area contributed by atoms with E-state index in [1.807, 2.05) is 0 Å². The van der Waals surface area contributed by atoms with E-state index in [0.717, 1.165) is 0 Å². The van der Waals surface area contributed by atoms with Crippen molar-refractivity contribution in [3.05, 3.63) is 69.7 Å². The first-order valence-corrected chi connectivity index (χ1v) is 8.84. The van der Waals surface area contributed by atoms with Crippen molar-refractivity contribution >= 4 is 34.9 Å². The number of piperazine rings is 1. The van der Waals surface area contributed by atoms with Gasteiger partial charge in [-0.05, 0) is 42.5 Å². The fourth-order valence-electron chi connectivity index (χ4n) is 2.84. The summed E-state index contributed by atoms with van der Waals surface area (Å²) in [5.74, 6) is 0.0393. The second-order valence-electron chi connectivity index (χ2n) is 6.01. The quantitative estimate of drug-likeness (QED) is 0.764. The zero-order valence-electron chi connectivity index (χ0n) is 13.6. The number of carbonyl (C=O) groups is 2. The van der Waals surface area contributed by atoms with Crippen molar-refractivity contribution in [2.24, 2.45) is 0 Å². The maximum atomic E-state index is 12.5. The molecule has 1 heterocycles. The van der Waals surface area contributed by atoms with Gasteiger partial charge in [0.15, 0.2) is 5.78 Å². The molecule has 25 heavy (non-hydrogen) atoms. The largest absolute Gasteiger partial charge is 0.336 e. The minimum atomic E-state index is -0.0221. The molecule has 3 rings (SSSR count). The molecule has 2 aromatic carbocycles. The Labute approximate surface area is 156 Å². The molecule has 0 spiro atoms. The van der Waals surface area contributed by atoms with Crippen molar-refractivity contribution in [3.8, 4) is 0 Å². The van der Waals surface area contributed by atoms with Gasteiger partial charge in [-0.25, -0.2) is 0 Å². The van der Waals surface area contributed by atoms with Gasteiger partial charge in [0, 0.05) is 47.4 Å². The fraction of sp³-hybridized carbons (Fsp3) is 0.263. The first kappa shape index (κ1) is 17.9. The van der Waals surface area contributed by atoms with Crippen LogP contribution in [0.5, 0.6) is 0 Å². The summed E-state index contributed by atoms with van der Waals surface area (Å²) in [7, 11) is 0. The highest BCUT2D eigenvalue weighted by molar-refractivity contribution is 6.31. The van der Waals surface area contributed by atoms with Crippen LogP contribution in [0.25, 0.3) is 0 Å². The highest BCUT2D eigenvalue weighted by Crippen LogP contribution is 2.15. The summed E-state index contributed by atoms with van der Waals surface area (Å²) in [6.07, 6.45) is 0. The van der Waals surface area contributed by atoms with Crippen molar-refractivity contribution in [2.75, 3.05) is 32.7 Å². The molecule has 1 aliphatic rings. The first-order valence-electron chi connectivity index (χ1n) is 8.09. The maximum absolute atomic E-state index is 12.5. The van der Waals surface area contributed by atoms with Crippen LogP contribution < -0.4 is 0 Å². The Kier molecular flexibility index (Phi) is 5.74. The van der Waals surface area contributed by atoms with Gasteiger partial charge in [0.25, 0.3) is 5.91 Å². The number of rotatable bonds is 4. The number of amides is 1. The SMILES string of the molecule is O=C(CN1CCN(C(=O)c2cccc(Cl)c2)CC1)c1ccc(Cl)cc1. The van der Waals surface area contributed by atoms with Crippen LogP contribution in [0, 0.1) is 0 Å². The minimum absolute atomic E-state index is 0.0221. The van der Waals surface area contributed by atoms with E-state index in [9.17, 15) is 9.59 Å². The van der Waals surface area contributed by atoms with Gasteiger partial charge < -0.3 is 4.90 Å². The monoisotopic (exact) mass is 376 g/mol. The Morgan fingerprint density at radius 1 is 0.840 bits per heavy atom. The highest BCUT2D eigenvalue weighted by Gasteiger charge is 2.23. The van der Waals surface area contributed by atoms with Crippen LogP contribution in [0.3, 0.4) is 0 Å². The number of carbonyl (C=O) groups excluding carboxylic acids is 2. The number of Topliss-reactive ketones (excluding diaryl/α,β-unsaturated/α-hetero) is 1. The van der Waals surface area contributed by atoms with Crippen molar-refractivity contribution in [3.63, 3.8) is 0 Å². The van der Waals surface area contributed by atoms with Gasteiger partial charge in [0.05, 0.1) is 6.54 Å². The number of nitrogens with zero attached hydrogens (tertiary/aromatic N) is 2. The summed E-state index contributed by atoms with van der Waals surface area (Å²) >= 11 is 11.8. The summed E-state index contributed by atoms with van der Waals surface area (Å²) in [6.45, 7) is 2.89. The smallest absolute Gasteiger partial charge is 0.253 e. The van der Waals surface area contributed by atoms with E-state index in [1.54, 1.807) is 53.4 Å². The summed E-state index contributed by atoms with van der Waals surface area (Å²) in [4.78, 5) is 28.7. The van der Waals surface area contributed by atoms with Crippen LogP contribution in [0.1, 0.15) is 20.7 Å². The fourth-order valence-corrected chi connectivity index (χ4v) is 3.16. The molecule has 0 unspecified atom stereocenters. The normalized spacial score (nSPS) is 15.2. The Balaban J connectivity index is 1.54. The molecule has 1 saturated heterocycles. The van der Waals surface area contributed by atoms with E-state index >= 15 is 0 Å². The standard InChI is InChI=1S/C19H18Cl2N2O2/c20-16-6-4-14(5-7-16)18(24)13-22-8-10-23(11-9-22)19(25)15-2-1-3-17(21)12-15/h1-7,12H,8-11,13H2. The molecule has 0 aliphatic carbocycles. The molecule has 1 aliphatic heterocycles. The number of hydrogen-bond acceptors (Lipinski definition) is 3. The van der Waals surface area contributed by atoms with Crippen LogP contribution in [-0.2, 0) is 0 Å². The number of hydrogen-bond donors (Lipinski definition) is 0. The summed E-state index contributed by atoms with van der Waals surface area (Å²) in [5, 5.41) is 1.17. The van der Waals surface area contributed by atoms with Crippen LogP contribution in [0.15, 0.2) is 48.5 Å². The van der Waals surface area contributed by atoms with E-state index in [4.69, 9.17) is 23.2 Å². The molecular weight excluding hydrogens is 359 g/mol. The van der Waals surface area contributed by atoms with Gasteiger partial charge in [-0.3, -0.25) is 14.5 Å². The average Bonchev–Trinajstić information content (AvgIpc) is 2.62. The molecule has 0 bridgehead atoms. The van der Waals surface area contributed by atoms with Crippen molar-refractivity contribution < 1.29 is 9.59 Å². The average molecular weight is 377 g/mol. The van der Waals surface area contributed by atoms with Gasteiger partial charge in [-0.1, -0.05) is 29.3 Å². The van der Waals surface area contributed by atoms with E-state index in [-0.39, 0.29) is 11.7 Å². The number of ketones is 1. The molecule has 0 atom stereocenters. The molecule has 6 heteroatoms. The molecule has 130 valence electrons. The second kappa shape index (κ2) is 8.00. The topological polar surface area (TPSA) is 40.6 Å². The maximum Gasteiger partial charge on any atom is 0.253 e. The van der Waals surface area contributed by atoms with Crippen LogP contribution in [-0.4, -0.2) is 54.2 Å². The minimum Gasteiger partial charge on any atom is -0.336 e. The van der Waals surface area contributed by atoms with Crippen molar-refractivity contribution in [2.45, 2.75) is 0 Å². The molecular formula is C19H18Cl2N2O2. The number of benzene rings is 2. The lowest BCUT2D eigenvalue weighted by molar-refractivity contribution is 0.0624. The third kappa shape index (κ3) is 4.60. The second-order valence-corrected chi connectivity index (χ2v) is 6.88. The summed E-state index contributed by atoms with van der Waals surface area (Å²) in [6, 6.07) is 13.9. The van der Waals surface area contributed by atoms with Gasteiger partial charge in [-0.2, -0.15) is 0 Å². The lowest BCUT2D eigenvalue weighted by Crippen LogP contribution is -2.49. The van der Waals surface area contributed by atoms with E-state index in [2.05, 4.69) is 4.90 Å². The third-order valence-corrected chi connectivity index (χ3v) is 4.75. The summed E-state index contributed by atoms with van der Waals surface area (Å²) < 4.78 is 0.